The summed E-state index contributed by atoms with van der Waals surface area (Å²) in [7, 11) is -3.16. The molecule has 88 valence electrons. The average Bonchev–Trinajstić information content (AvgIpc) is 2.44. The van der Waals surface area contributed by atoms with E-state index in [0.717, 1.165) is 4.47 Å². The van der Waals surface area contributed by atoms with Crippen LogP contribution in [0.5, 0.6) is 5.75 Å². The molecule has 0 bridgehead atoms. The maximum Gasteiger partial charge on any atom is 0.156 e. The van der Waals surface area contributed by atoms with E-state index in [0.29, 0.717) is 5.75 Å². The van der Waals surface area contributed by atoms with Gasteiger partial charge >= 0.3 is 0 Å². The molecule has 2 rings (SSSR count). The summed E-state index contributed by atoms with van der Waals surface area (Å²) in [6.07, 6.45) is -1.60. The minimum atomic E-state index is -3.16. The van der Waals surface area contributed by atoms with E-state index < -0.39 is 22.0 Å². The number of hydrogen-bond donors (Lipinski definition) is 1. The predicted octanol–water partition coefficient (Wildman–Crippen LogP) is 0.986. The van der Waals surface area contributed by atoms with E-state index in [2.05, 4.69) is 15.9 Å². The van der Waals surface area contributed by atoms with Gasteiger partial charge in [-0.05, 0) is 24.3 Å². The van der Waals surface area contributed by atoms with Gasteiger partial charge in [0.25, 0.3) is 0 Å². The van der Waals surface area contributed by atoms with E-state index in [4.69, 9.17) is 4.74 Å². The maximum absolute atomic E-state index is 11.2. The molecule has 1 heterocycles. The number of benzene rings is 1. The molecule has 0 amide bonds. The number of aliphatic hydroxyl groups is 1. The standard InChI is InChI=1S/C10H11BrO4S/c11-7-1-3-8(4-2-7)15-10-6-16(13,14)5-9(10)12/h1-4,9-10,12H,5-6H2. The molecule has 0 radical (unpaired) electrons. The molecule has 1 aromatic rings. The van der Waals surface area contributed by atoms with E-state index in [1.165, 1.54) is 0 Å². The second-order valence-corrected chi connectivity index (χ2v) is 6.82. The molecule has 1 aromatic carbocycles. The Bertz CT molecular complexity index is 468. The number of halogens is 1. The van der Waals surface area contributed by atoms with Gasteiger partial charge in [-0.15, -0.1) is 0 Å². The van der Waals surface area contributed by atoms with Gasteiger partial charge in [-0.1, -0.05) is 15.9 Å². The molecule has 1 aliphatic heterocycles. The molecule has 6 heteroatoms. The number of rotatable bonds is 2. The van der Waals surface area contributed by atoms with Crippen LogP contribution in [0.25, 0.3) is 0 Å². The minimum absolute atomic E-state index is 0.121. The van der Waals surface area contributed by atoms with Crippen molar-refractivity contribution in [2.24, 2.45) is 0 Å². The van der Waals surface area contributed by atoms with Crippen molar-refractivity contribution < 1.29 is 18.3 Å². The van der Waals surface area contributed by atoms with Crippen molar-refractivity contribution in [1.29, 1.82) is 0 Å². The lowest BCUT2D eigenvalue weighted by atomic mass is 10.2. The average molecular weight is 307 g/mol. The van der Waals surface area contributed by atoms with E-state index in [1.54, 1.807) is 24.3 Å². The van der Waals surface area contributed by atoms with Gasteiger partial charge in [-0.2, -0.15) is 0 Å². The maximum atomic E-state index is 11.2. The van der Waals surface area contributed by atoms with Gasteiger partial charge in [0.1, 0.15) is 18.0 Å². The molecule has 2 unspecified atom stereocenters. The Hall–Kier alpha value is -0.590. The van der Waals surface area contributed by atoms with Gasteiger partial charge in [-0.25, -0.2) is 8.42 Å². The molecule has 0 saturated carbocycles. The van der Waals surface area contributed by atoms with Crippen LogP contribution >= 0.6 is 15.9 Å². The molecule has 0 spiro atoms. The third-order valence-corrected chi connectivity index (χ3v) is 4.59. The highest BCUT2D eigenvalue weighted by molar-refractivity contribution is 9.10. The first-order valence-electron chi connectivity index (χ1n) is 4.77. The van der Waals surface area contributed by atoms with Crippen LogP contribution in [0.1, 0.15) is 0 Å². The van der Waals surface area contributed by atoms with Crippen LogP contribution in [0.15, 0.2) is 28.7 Å². The Morgan fingerprint density at radius 2 is 1.88 bits per heavy atom. The molecule has 1 aliphatic rings. The van der Waals surface area contributed by atoms with Crippen molar-refractivity contribution in [2.75, 3.05) is 11.5 Å². The minimum Gasteiger partial charge on any atom is -0.487 e. The zero-order chi connectivity index (χ0) is 11.8. The van der Waals surface area contributed by atoms with Crippen molar-refractivity contribution in [3.8, 4) is 5.75 Å². The van der Waals surface area contributed by atoms with Crippen LogP contribution in [-0.4, -0.2) is 37.2 Å². The molecular formula is C10H11BrO4S. The van der Waals surface area contributed by atoms with Crippen LogP contribution in [-0.2, 0) is 9.84 Å². The summed E-state index contributed by atoms with van der Waals surface area (Å²) in [5.41, 5.74) is 0. The van der Waals surface area contributed by atoms with Gasteiger partial charge < -0.3 is 9.84 Å². The Morgan fingerprint density at radius 1 is 1.25 bits per heavy atom. The van der Waals surface area contributed by atoms with Crippen LogP contribution in [0.4, 0.5) is 0 Å². The first-order valence-corrected chi connectivity index (χ1v) is 7.38. The van der Waals surface area contributed by atoms with E-state index in [9.17, 15) is 13.5 Å². The molecule has 1 N–H and O–H groups in total. The highest BCUT2D eigenvalue weighted by Crippen LogP contribution is 2.22. The zero-order valence-electron chi connectivity index (χ0n) is 8.34. The van der Waals surface area contributed by atoms with Crippen LogP contribution < -0.4 is 4.74 Å². The van der Waals surface area contributed by atoms with Crippen molar-refractivity contribution in [1.82, 2.24) is 0 Å². The second-order valence-electron chi connectivity index (χ2n) is 3.75. The monoisotopic (exact) mass is 306 g/mol. The summed E-state index contributed by atoms with van der Waals surface area (Å²) in [4.78, 5) is 0. The Labute approximate surface area is 102 Å². The molecule has 0 aliphatic carbocycles. The first-order chi connectivity index (χ1) is 7.46. The lowest BCUT2D eigenvalue weighted by molar-refractivity contribution is 0.0738. The highest BCUT2D eigenvalue weighted by Gasteiger charge is 2.38. The number of aliphatic hydroxyl groups excluding tert-OH is 1. The predicted molar refractivity (Wildman–Crippen MR) is 63.2 cm³/mol. The van der Waals surface area contributed by atoms with E-state index in [-0.39, 0.29) is 11.5 Å². The van der Waals surface area contributed by atoms with Crippen LogP contribution in [0.3, 0.4) is 0 Å². The molecule has 1 saturated heterocycles. The number of sulfone groups is 1. The van der Waals surface area contributed by atoms with E-state index in [1.807, 2.05) is 0 Å². The SMILES string of the molecule is O=S1(=O)CC(O)C(Oc2ccc(Br)cc2)C1. The van der Waals surface area contributed by atoms with Gasteiger partial charge in [0.05, 0.1) is 11.5 Å². The molecule has 1 fully saturated rings. The third kappa shape index (κ3) is 2.75. The summed E-state index contributed by atoms with van der Waals surface area (Å²) in [5.74, 6) is 0.225. The fourth-order valence-corrected chi connectivity index (χ4v) is 3.52. The van der Waals surface area contributed by atoms with Crippen molar-refractivity contribution in [3.63, 3.8) is 0 Å². The summed E-state index contributed by atoms with van der Waals surface area (Å²) < 4.78 is 28.8. The van der Waals surface area contributed by atoms with Crippen LogP contribution in [0.2, 0.25) is 0 Å². The fourth-order valence-electron chi connectivity index (χ4n) is 1.60. The largest absolute Gasteiger partial charge is 0.487 e. The van der Waals surface area contributed by atoms with Crippen molar-refractivity contribution >= 4 is 25.8 Å². The van der Waals surface area contributed by atoms with Gasteiger partial charge in [0.15, 0.2) is 9.84 Å². The Morgan fingerprint density at radius 3 is 2.38 bits per heavy atom. The summed E-state index contributed by atoms with van der Waals surface area (Å²) in [5, 5.41) is 9.53. The van der Waals surface area contributed by atoms with Crippen molar-refractivity contribution in [3.05, 3.63) is 28.7 Å². The quantitative estimate of drug-likeness (QED) is 0.885. The lowest BCUT2D eigenvalue weighted by Gasteiger charge is -2.15. The van der Waals surface area contributed by atoms with Crippen molar-refractivity contribution in [2.45, 2.75) is 12.2 Å². The topological polar surface area (TPSA) is 63.6 Å². The number of hydrogen-bond acceptors (Lipinski definition) is 4. The second kappa shape index (κ2) is 4.35. The molecular weight excluding hydrogens is 296 g/mol. The molecule has 16 heavy (non-hydrogen) atoms. The summed E-state index contributed by atoms with van der Waals surface area (Å²) >= 11 is 3.29. The number of ether oxygens (including phenoxy) is 1. The highest BCUT2D eigenvalue weighted by atomic mass is 79.9. The lowest BCUT2D eigenvalue weighted by Crippen LogP contribution is -2.29. The molecule has 0 aromatic heterocycles. The summed E-state index contributed by atoms with van der Waals surface area (Å²) in [6, 6.07) is 7.04. The van der Waals surface area contributed by atoms with Crippen LogP contribution in [0, 0.1) is 0 Å². The van der Waals surface area contributed by atoms with Gasteiger partial charge in [-0.3, -0.25) is 0 Å². The molecule has 4 nitrogen and oxygen atoms in total. The van der Waals surface area contributed by atoms with Gasteiger partial charge in [0, 0.05) is 4.47 Å². The smallest absolute Gasteiger partial charge is 0.156 e. The molecule has 2 atom stereocenters. The first kappa shape index (κ1) is 11.9. The zero-order valence-corrected chi connectivity index (χ0v) is 10.7. The van der Waals surface area contributed by atoms with E-state index >= 15 is 0 Å². The third-order valence-electron chi connectivity index (χ3n) is 2.37. The normalized spacial score (nSPS) is 27.9. The fraction of sp³-hybridized carbons (Fsp3) is 0.400. The van der Waals surface area contributed by atoms with Gasteiger partial charge in [0.2, 0.25) is 0 Å². The Balaban J connectivity index is 2.08. The Kier molecular flexibility index (Phi) is 3.23. The summed E-state index contributed by atoms with van der Waals surface area (Å²) in [6.45, 7) is 0.